The first-order valence-electron chi connectivity index (χ1n) is 3.96. The maximum atomic E-state index is 13.1. The van der Waals surface area contributed by atoms with Crippen LogP contribution in [0.1, 0.15) is 20.8 Å². The smallest absolute Gasteiger partial charge is 0.295 e. The molecule has 0 fully saturated rings. The van der Waals surface area contributed by atoms with Gasteiger partial charge in [-0.1, -0.05) is 11.6 Å². The van der Waals surface area contributed by atoms with Crippen molar-refractivity contribution in [2.75, 3.05) is 0 Å². The van der Waals surface area contributed by atoms with Crippen molar-refractivity contribution in [2.45, 2.75) is 26.3 Å². The van der Waals surface area contributed by atoms with Crippen LogP contribution in [0.4, 0.5) is 4.39 Å². The average Bonchev–Trinajstić information content (AvgIpc) is 1.97. The number of H-pyrrole nitrogens is 1. The molecule has 0 aliphatic rings. The van der Waals surface area contributed by atoms with Gasteiger partial charge in [0.2, 0.25) is 5.82 Å². The van der Waals surface area contributed by atoms with Crippen LogP contribution in [0.5, 0.6) is 0 Å². The van der Waals surface area contributed by atoms with Gasteiger partial charge < -0.3 is 0 Å². The zero-order valence-corrected chi connectivity index (χ0v) is 8.78. The van der Waals surface area contributed by atoms with Gasteiger partial charge in [0.05, 0.1) is 0 Å². The van der Waals surface area contributed by atoms with Gasteiger partial charge in [0, 0.05) is 5.54 Å². The molecule has 0 saturated heterocycles. The highest BCUT2D eigenvalue weighted by molar-refractivity contribution is 6.29. The zero-order valence-electron chi connectivity index (χ0n) is 8.02. The summed E-state index contributed by atoms with van der Waals surface area (Å²) < 4.78 is 13.9. The highest BCUT2D eigenvalue weighted by atomic mass is 35.5. The minimum atomic E-state index is -1.14. The Morgan fingerprint density at radius 1 is 1.36 bits per heavy atom. The SMILES string of the molecule is CC(C)(C)n1c(=O)[nH]c(Cl)c(F)c1=O. The Morgan fingerprint density at radius 3 is 2.29 bits per heavy atom. The molecule has 0 spiro atoms. The van der Waals surface area contributed by atoms with Crippen LogP contribution in [0.15, 0.2) is 9.59 Å². The first-order chi connectivity index (χ1) is 6.25. The number of hydrogen-bond acceptors (Lipinski definition) is 2. The summed E-state index contributed by atoms with van der Waals surface area (Å²) in [6.45, 7) is 4.87. The highest BCUT2D eigenvalue weighted by Crippen LogP contribution is 2.09. The fourth-order valence-corrected chi connectivity index (χ4v) is 1.26. The van der Waals surface area contributed by atoms with Gasteiger partial charge in [-0.15, -0.1) is 0 Å². The monoisotopic (exact) mass is 220 g/mol. The number of aromatic nitrogens is 2. The number of rotatable bonds is 0. The molecule has 4 nitrogen and oxygen atoms in total. The lowest BCUT2D eigenvalue weighted by Gasteiger charge is -2.20. The molecule has 0 aliphatic carbocycles. The normalized spacial score (nSPS) is 11.8. The van der Waals surface area contributed by atoms with Crippen LogP contribution in [0.2, 0.25) is 5.15 Å². The molecule has 0 amide bonds. The maximum Gasteiger partial charge on any atom is 0.330 e. The molecule has 0 unspecified atom stereocenters. The summed E-state index contributed by atoms with van der Waals surface area (Å²) >= 11 is 5.30. The van der Waals surface area contributed by atoms with Crippen LogP contribution in [0, 0.1) is 5.82 Å². The van der Waals surface area contributed by atoms with Crippen molar-refractivity contribution in [3.05, 3.63) is 31.8 Å². The third-order valence-electron chi connectivity index (χ3n) is 1.67. The Hall–Kier alpha value is -1.10. The lowest BCUT2D eigenvalue weighted by molar-refractivity contribution is 0.354. The minimum absolute atomic E-state index is 0.555. The standard InChI is InChI=1S/C8H10ClFN2O2/c1-8(2,3)12-6(13)4(10)5(9)11-7(12)14/h1-3H3,(H,11,14). The number of nitrogens with one attached hydrogen (secondary N) is 1. The number of hydrogen-bond donors (Lipinski definition) is 1. The van der Waals surface area contributed by atoms with Crippen molar-refractivity contribution in [3.8, 4) is 0 Å². The average molecular weight is 221 g/mol. The summed E-state index contributed by atoms with van der Waals surface area (Å²) in [5.41, 5.74) is -2.50. The van der Waals surface area contributed by atoms with Crippen LogP contribution in [-0.4, -0.2) is 9.55 Å². The Kier molecular flexibility index (Phi) is 2.54. The quantitative estimate of drug-likeness (QED) is 0.666. The first-order valence-corrected chi connectivity index (χ1v) is 4.33. The third-order valence-corrected chi connectivity index (χ3v) is 1.93. The molecule has 0 atom stereocenters. The van der Waals surface area contributed by atoms with E-state index in [2.05, 4.69) is 4.98 Å². The summed E-state index contributed by atoms with van der Waals surface area (Å²) in [6.07, 6.45) is 0. The van der Waals surface area contributed by atoms with Gasteiger partial charge in [-0.2, -0.15) is 4.39 Å². The van der Waals surface area contributed by atoms with E-state index in [1.807, 2.05) is 0 Å². The number of halogens is 2. The van der Waals surface area contributed by atoms with Crippen LogP contribution in [0.3, 0.4) is 0 Å². The third kappa shape index (κ3) is 1.72. The van der Waals surface area contributed by atoms with Crippen LogP contribution in [-0.2, 0) is 5.54 Å². The predicted octanol–water partition coefficient (Wildman–Crippen LogP) is 1.08. The molecule has 0 radical (unpaired) electrons. The second-order valence-corrected chi connectivity index (χ2v) is 4.25. The molecule has 1 aromatic rings. The van der Waals surface area contributed by atoms with Gasteiger partial charge in [-0.25, -0.2) is 4.79 Å². The Balaban J connectivity index is 3.71. The lowest BCUT2D eigenvalue weighted by Crippen LogP contribution is -2.46. The number of nitrogens with zero attached hydrogens (tertiary/aromatic N) is 1. The van der Waals surface area contributed by atoms with Crippen molar-refractivity contribution in [2.24, 2.45) is 0 Å². The topological polar surface area (TPSA) is 54.9 Å². The fourth-order valence-electron chi connectivity index (χ4n) is 1.10. The molecule has 0 aliphatic heterocycles. The van der Waals surface area contributed by atoms with Crippen molar-refractivity contribution in [1.29, 1.82) is 0 Å². The second-order valence-electron chi connectivity index (χ2n) is 3.87. The molecule has 0 saturated carbocycles. The molecular weight excluding hydrogens is 211 g/mol. The summed E-state index contributed by atoms with van der Waals surface area (Å²) in [6, 6.07) is 0. The van der Waals surface area contributed by atoms with E-state index in [9.17, 15) is 14.0 Å². The van der Waals surface area contributed by atoms with Gasteiger partial charge in [0.15, 0.2) is 5.15 Å². The van der Waals surface area contributed by atoms with Crippen LogP contribution >= 0.6 is 11.6 Å². The van der Waals surface area contributed by atoms with E-state index in [1.54, 1.807) is 20.8 Å². The van der Waals surface area contributed by atoms with Crippen LogP contribution < -0.4 is 11.2 Å². The van der Waals surface area contributed by atoms with Crippen molar-refractivity contribution in [3.63, 3.8) is 0 Å². The van der Waals surface area contributed by atoms with Gasteiger partial charge in [-0.05, 0) is 20.8 Å². The van der Waals surface area contributed by atoms with E-state index in [-0.39, 0.29) is 0 Å². The van der Waals surface area contributed by atoms with Gasteiger partial charge in [-0.3, -0.25) is 14.3 Å². The molecule has 6 heteroatoms. The molecule has 14 heavy (non-hydrogen) atoms. The van der Waals surface area contributed by atoms with Crippen molar-refractivity contribution < 1.29 is 4.39 Å². The van der Waals surface area contributed by atoms with E-state index in [0.717, 1.165) is 4.57 Å². The van der Waals surface area contributed by atoms with E-state index in [0.29, 0.717) is 0 Å². The molecular formula is C8H10ClFN2O2. The Bertz CT molecular complexity index is 470. The summed E-state index contributed by atoms with van der Waals surface area (Å²) in [7, 11) is 0. The largest absolute Gasteiger partial charge is 0.330 e. The van der Waals surface area contributed by atoms with E-state index >= 15 is 0 Å². The minimum Gasteiger partial charge on any atom is -0.295 e. The molecule has 0 aromatic carbocycles. The van der Waals surface area contributed by atoms with Gasteiger partial charge >= 0.3 is 5.69 Å². The molecule has 78 valence electrons. The van der Waals surface area contributed by atoms with Crippen molar-refractivity contribution in [1.82, 2.24) is 9.55 Å². The molecule has 1 aromatic heterocycles. The van der Waals surface area contributed by atoms with Crippen LogP contribution in [0.25, 0.3) is 0 Å². The lowest BCUT2D eigenvalue weighted by atomic mass is 10.1. The highest BCUT2D eigenvalue weighted by Gasteiger charge is 2.21. The van der Waals surface area contributed by atoms with Gasteiger partial charge in [0.1, 0.15) is 0 Å². The molecule has 1 heterocycles. The summed E-state index contributed by atoms with van der Waals surface area (Å²) in [4.78, 5) is 24.7. The Morgan fingerprint density at radius 2 is 1.86 bits per heavy atom. The Labute approximate surface area is 84.3 Å². The summed E-state index contributed by atoms with van der Waals surface area (Å²) in [5.74, 6) is -1.14. The van der Waals surface area contributed by atoms with Crippen molar-refractivity contribution >= 4 is 11.6 Å². The predicted molar refractivity (Wildman–Crippen MR) is 51.3 cm³/mol. The molecule has 1 rings (SSSR count). The molecule has 0 bridgehead atoms. The van der Waals surface area contributed by atoms with E-state index < -0.39 is 27.8 Å². The zero-order chi connectivity index (χ0) is 11.1. The fraction of sp³-hybridized carbons (Fsp3) is 0.500. The summed E-state index contributed by atoms with van der Waals surface area (Å²) in [5, 5.41) is -0.555. The van der Waals surface area contributed by atoms with E-state index in [1.165, 1.54) is 0 Å². The first kappa shape index (κ1) is 11.0. The van der Waals surface area contributed by atoms with Gasteiger partial charge in [0.25, 0.3) is 5.56 Å². The molecule has 1 N–H and O–H groups in total. The number of aromatic amines is 1. The second kappa shape index (κ2) is 3.24. The maximum absolute atomic E-state index is 13.1. The van der Waals surface area contributed by atoms with E-state index in [4.69, 9.17) is 11.6 Å².